The van der Waals surface area contributed by atoms with Gasteiger partial charge in [0, 0.05) is 42.5 Å². The fourth-order valence-corrected chi connectivity index (χ4v) is 8.76. The van der Waals surface area contributed by atoms with Gasteiger partial charge in [0.25, 0.3) is 0 Å². The molecule has 1 aliphatic carbocycles. The minimum Gasteiger partial charge on any atom is -0.310 e. The molecule has 0 fully saturated rings. The maximum Gasteiger partial charge on any atom is 0.0540 e. The SMILES string of the molecule is CC1(C)c2ccccc2-c2cc(N(c3cccc(-c4ccccc4)c3)c3ccccc3-c3cccc4sc5ccccc5c34)ccc21. The molecule has 0 aliphatic heterocycles. The standard InChI is InChI=1S/C45H33NS/c1-45(2)39-22-9-6-18-34(39)38-29-33(26-27-40(38)45)46(32-17-12-16-31(28-32)30-14-4-3-5-15-30)41-23-10-7-19-35(41)36-21-13-25-43-44(36)37-20-8-11-24-42(37)47-43/h3-29H,1-2H3. The highest BCUT2D eigenvalue weighted by Gasteiger charge is 2.35. The van der Waals surface area contributed by atoms with Crippen LogP contribution in [0.3, 0.4) is 0 Å². The lowest BCUT2D eigenvalue weighted by Crippen LogP contribution is -2.15. The van der Waals surface area contributed by atoms with Crippen molar-refractivity contribution in [2.45, 2.75) is 19.3 Å². The zero-order chi connectivity index (χ0) is 31.5. The van der Waals surface area contributed by atoms with Crippen LogP contribution in [0.25, 0.3) is 53.6 Å². The Bertz CT molecular complexity index is 2450. The molecule has 0 unspecified atom stereocenters. The Morgan fingerprint density at radius 2 is 1.09 bits per heavy atom. The number of rotatable bonds is 5. The van der Waals surface area contributed by atoms with E-state index in [2.05, 4.69) is 183 Å². The molecule has 1 aliphatic rings. The highest BCUT2D eigenvalue weighted by Crippen LogP contribution is 2.52. The monoisotopic (exact) mass is 619 g/mol. The molecule has 0 radical (unpaired) electrons. The zero-order valence-corrected chi connectivity index (χ0v) is 27.3. The smallest absolute Gasteiger partial charge is 0.0540 e. The molecular weight excluding hydrogens is 587 g/mol. The molecule has 2 heteroatoms. The van der Waals surface area contributed by atoms with E-state index in [-0.39, 0.29) is 5.41 Å². The van der Waals surface area contributed by atoms with Crippen LogP contribution >= 0.6 is 11.3 Å². The van der Waals surface area contributed by atoms with Gasteiger partial charge in [0.05, 0.1) is 5.69 Å². The van der Waals surface area contributed by atoms with Crippen molar-refractivity contribution in [3.05, 3.63) is 175 Å². The number of anilines is 3. The first-order chi connectivity index (χ1) is 23.1. The Kier molecular flexibility index (Phi) is 6.41. The molecule has 1 aromatic heterocycles. The van der Waals surface area contributed by atoms with Crippen LogP contribution in [0.1, 0.15) is 25.0 Å². The van der Waals surface area contributed by atoms with Crippen molar-refractivity contribution in [1.29, 1.82) is 0 Å². The van der Waals surface area contributed by atoms with Gasteiger partial charge in [-0.1, -0.05) is 135 Å². The molecule has 1 heterocycles. The summed E-state index contributed by atoms with van der Waals surface area (Å²) in [6.07, 6.45) is 0. The topological polar surface area (TPSA) is 3.24 Å². The minimum atomic E-state index is -0.0456. The molecule has 0 amide bonds. The van der Waals surface area contributed by atoms with Crippen molar-refractivity contribution in [3.8, 4) is 33.4 Å². The van der Waals surface area contributed by atoms with E-state index in [4.69, 9.17) is 0 Å². The van der Waals surface area contributed by atoms with Crippen LogP contribution in [-0.4, -0.2) is 0 Å². The fourth-order valence-electron chi connectivity index (χ4n) is 7.63. The van der Waals surface area contributed by atoms with Crippen LogP contribution in [0.2, 0.25) is 0 Å². The average molecular weight is 620 g/mol. The fraction of sp³-hybridized carbons (Fsp3) is 0.0667. The first-order valence-corrected chi connectivity index (χ1v) is 17.1. The van der Waals surface area contributed by atoms with E-state index in [9.17, 15) is 0 Å². The number of fused-ring (bicyclic) bond motifs is 6. The van der Waals surface area contributed by atoms with E-state index in [1.165, 1.54) is 64.7 Å². The second-order valence-electron chi connectivity index (χ2n) is 12.9. The van der Waals surface area contributed by atoms with E-state index in [0.29, 0.717) is 0 Å². The molecule has 0 N–H and O–H groups in total. The molecule has 224 valence electrons. The van der Waals surface area contributed by atoms with Crippen LogP contribution in [0, 0.1) is 0 Å². The molecule has 8 aromatic rings. The molecule has 0 saturated heterocycles. The lowest BCUT2D eigenvalue weighted by atomic mass is 9.82. The van der Waals surface area contributed by atoms with Gasteiger partial charge in [0.2, 0.25) is 0 Å². The van der Waals surface area contributed by atoms with E-state index >= 15 is 0 Å². The molecular formula is C45H33NS. The maximum atomic E-state index is 2.46. The summed E-state index contributed by atoms with van der Waals surface area (Å²) >= 11 is 1.87. The Morgan fingerprint density at radius 3 is 1.98 bits per heavy atom. The molecule has 0 bridgehead atoms. The van der Waals surface area contributed by atoms with Crippen LogP contribution in [0.15, 0.2) is 164 Å². The van der Waals surface area contributed by atoms with Crippen LogP contribution in [-0.2, 0) is 5.41 Å². The number of hydrogen-bond donors (Lipinski definition) is 0. The normalized spacial score (nSPS) is 13.1. The van der Waals surface area contributed by atoms with Crippen molar-refractivity contribution in [3.63, 3.8) is 0 Å². The molecule has 7 aromatic carbocycles. The van der Waals surface area contributed by atoms with Gasteiger partial charge in [-0.05, 0) is 81.4 Å². The molecule has 9 rings (SSSR count). The Labute approximate surface area is 280 Å². The number of benzene rings is 7. The highest BCUT2D eigenvalue weighted by atomic mass is 32.1. The number of nitrogens with zero attached hydrogens (tertiary/aromatic N) is 1. The lowest BCUT2D eigenvalue weighted by molar-refractivity contribution is 0.660. The summed E-state index contributed by atoms with van der Waals surface area (Å²) in [5, 5.41) is 2.63. The van der Waals surface area contributed by atoms with Gasteiger partial charge in [-0.15, -0.1) is 11.3 Å². The summed E-state index contributed by atoms with van der Waals surface area (Å²) in [6.45, 7) is 4.69. The number of hydrogen-bond acceptors (Lipinski definition) is 2. The summed E-state index contributed by atoms with van der Waals surface area (Å²) in [5.74, 6) is 0. The van der Waals surface area contributed by atoms with Crippen LogP contribution < -0.4 is 4.90 Å². The van der Waals surface area contributed by atoms with E-state index in [1.807, 2.05) is 11.3 Å². The van der Waals surface area contributed by atoms with Crippen LogP contribution in [0.4, 0.5) is 17.1 Å². The van der Waals surface area contributed by atoms with Crippen molar-refractivity contribution >= 4 is 48.6 Å². The number of para-hydroxylation sites is 1. The predicted octanol–water partition coefficient (Wildman–Crippen LogP) is 13.2. The van der Waals surface area contributed by atoms with Gasteiger partial charge >= 0.3 is 0 Å². The van der Waals surface area contributed by atoms with Crippen molar-refractivity contribution in [2.24, 2.45) is 0 Å². The Hall–Kier alpha value is -5.44. The molecule has 47 heavy (non-hydrogen) atoms. The molecule has 0 atom stereocenters. The molecule has 1 nitrogen and oxygen atoms in total. The molecule has 0 saturated carbocycles. The maximum absolute atomic E-state index is 2.46. The van der Waals surface area contributed by atoms with Crippen molar-refractivity contribution < 1.29 is 0 Å². The molecule has 0 spiro atoms. The third kappa shape index (κ3) is 4.44. The van der Waals surface area contributed by atoms with Crippen LogP contribution in [0.5, 0.6) is 0 Å². The zero-order valence-electron chi connectivity index (χ0n) is 26.4. The second-order valence-corrected chi connectivity index (χ2v) is 14.0. The van der Waals surface area contributed by atoms with E-state index in [0.717, 1.165) is 17.1 Å². The summed E-state index contributed by atoms with van der Waals surface area (Å²) in [6, 6.07) is 60.1. The van der Waals surface area contributed by atoms with Gasteiger partial charge in [0.15, 0.2) is 0 Å². The Morgan fingerprint density at radius 1 is 0.447 bits per heavy atom. The highest BCUT2D eigenvalue weighted by molar-refractivity contribution is 7.25. The Balaban J connectivity index is 1.31. The lowest BCUT2D eigenvalue weighted by Gasteiger charge is -2.29. The van der Waals surface area contributed by atoms with Gasteiger partial charge in [-0.25, -0.2) is 0 Å². The van der Waals surface area contributed by atoms with E-state index in [1.54, 1.807) is 0 Å². The third-order valence-corrected chi connectivity index (χ3v) is 11.0. The summed E-state index contributed by atoms with van der Waals surface area (Å²) in [7, 11) is 0. The predicted molar refractivity (Wildman–Crippen MR) is 202 cm³/mol. The largest absolute Gasteiger partial charge is 0.310 e. The average Bonchev–Trinajstić information content (AvgIpc) is 3.61. The minimum absolute atomic E-state index is 0.0456. The summed E-state index contributed by atoms with van der Waals surface area (Å²) in [5.41, 5.74) is 13.7. The van der Waals surface area contributed by atoms with Gasteiger partial charge in [-0.3, -0.25) is 0 Å². The summed E-state index contributed by atoms with van der Waals surface area (Å²) < 4.78 is 2.63. The number of thiophene rings is 1. The van der Waals surface area contributed by atoms with Gasteiger partial charge < -0.3 is 4.90 Å². The summed E-state index contributed by atoms with van der Waals surface area (Å²) in [4.78, 5) is 2.46. The van der Waals surface area contributed by atoms with Crippen molar-refractivity contribution in [2.75, 3.05) is 4.90 Å². The van der Waals surface area contributed by atoms with E-state index < -0.39 is 0 Å². The first kappa shape index (κ1) is 27.8. The quantitative estimate of drug-likeness (QED) is 0.185. The van der Waals surface area contributed by atoms with Gasteiger partial charge in [0.1, 0.15) is 0 Å². The second kappa shape index (κ2) is 10.8. The van der Waals surface area contributed by atoms with Gasteiger partial charge in [-0.2, -0.15) is 0 Å². The van der Waals surface area contributed by atoms with Crippen molar-refractivity contribution in [1.82, 2.24) is 0 Å². The third-order valence-electron chi connectivity index (χ3n) is 9.87. The first-order valence-electron chi connectivity index (χ1n) is 16.3.